The Balaban J connectivity index is 4.43. The van der Waals surface area contributed by atoms with Crippen LogP contribution < -0.4 is 0 Å². The van der Waals surface area contributed by atoms with Crippen LogP contribution >= 0.6 is 0 Å². The van der Waals surface area contributed by atoms with Gasteiger partial charge in [-0.05, 0) is 32.3 Å². The van der Waals surface area contributed by atoms with E-state index in [1.165, 1.54) is 5.57 Å². The molecule has 0 saturated carbocycles. The number of carbonyl (C=O) groups excluding carboxylic acids is 1. The van der Waals surface area contributed by atoms with Crippen LogP contribution in [0.1, 0.15) is 40.5 Å². The van der Waals surface area contributed by atoms with Crippen molar-refractivity contribution in [1.29, 1.82) is 0 Å². The van der Waals surface area contributed by atoms with E-state index in [1.807, 2.05) is 6.92 Å². The fourth-order valence-corrected chi connectivity index (χ4v) is 1.03. The van der Waals surface area contributed by atoms with Crippen LogP contribution in [-0.4, -0.2) is 5.78 Å². The summed E-state index contributed by atoms with van der Waals surface area (Å²) in [5.41, 5.74) is 2.23. The molecule has 0 unspecified atom stereocenters. The highest BCUT2D eigenvalue weighted by atomic mass is 16.1. The third-order valence-electron chi connectivity index (χ3n) is 1.91. The van der Waals surface area contributed by atoms with Crippen LogP contribution in [0.25, 0.3) is 0 Å². The number of hydrogen-bond donors (Lipinski definition) is 0. The van der Waals surface area contributed by atoms with Crippen LogP contribution in [0.3, 0.4) is 0 Å². The summed E-state index contributed by atoms with van der Waals surface area (Å²) in [5.74, 6) is 0.207. The molecular weight excluding hydrogens is 124 g/mol. The van der Waals surface area contributed by atoms with Crippen molar-refractivity contribution >= 4 is 5.78 Å². The first-order chi connectivity index (χ1) is 4.63. The Morgan fingerprint density at radius 1 is 1.10 bits per heavy atom. The van der Waals surface area contributed by atoms with E-state index in [9.17, 15) is 4.79 Å². The first-order valence-corrected chi connectivity index (χ1v) is 3.83. The lowest BCUT2D eigenvalue weighted by Gasteiger charge is -2.03. The molecule has 0 aromatic rings. The highest BCUT2D eigenvalue weighted by molar-refractivity contribution is 5.93. The summed E-state index contributed by atoms with van der Waals surface area (Å²) in [7, 11) is 0. The topological polar surface area (TPSA) is 17.1 Å². The van der Waals surface area contributed by atoms with Crippen molar-refractivity contribution in [3.05, 3.63) is 11.1 Å². The highest BCUT2D eigenvalue weighted by Gasteiger charge is 2.01. The minimum atomic E-state index is 0.207. The van der Waals surface area contributed by atoms with Gasteiger partial charge in [-0.15, -0.1) is 0 Å². The van der Waals surface area contributed by atoms with Crippen molar-refractivity contribution in [3.8, 4) is 0 Å². The first-order valence-electron chi connectivity index (χ1n) is 3.83. The van der Waals surface area contributed by atoms with Gasteiger partial charge in [-0.25, -0.2) is 0 Å². The summed E-state index contributed by atoms with van der Waals surface area (Å²) < 4.78 is 0. The molecule has 1 nitrogen and oxygen atoms in total. The predicted molar refractivity (Wildman–Crippen MR) is 44.0 cm³/mol. The molecular formula is C9H16O. The van der Waals surface area contributed by atoms with Gasteiger partial charge < -0.3 is 0 Å². The van der Waals surface area contributed by atoms with Gasteiger partial charge in [0.15, 0.2) is 5.78 Å². The van der Waals surface area contributed by atoms with Crippen molar-refractivity contribution < 1.29 is 4.79 Å². The van der Waals surface area contributed by atoms with Gasteiger partial charge in [0, 0.05) is 0 Å². The fraction of sp³-hybridized carbons (Fsp3) is 0.667. The maximum absolute atomic E-state index is 10.8. The summed E-state index contributed by atoms with van der Waals surface area (Å²) >= 11 is 0. The number of Topliss-reactive ketones (excluding diaryl/α,β-unsaturated/α-hetero) is 1. The lowest BCUT2D eigenvalue weighted by molar-refractivity contribution is -0.113. The Morgan fingerprint density at radius 2 is 1.50 bits per heavy atom. The number of hydrogen-bond acceptors (Lipinski definition) is 1. The lowest BCUT2D eigenvalue weighted by Crippen LogP contribution is -1.96. The van der Waals surface area contributed by atoms with Crippen molar-refractivity contribution in [2.24, 2.45) is 0 Å². The third-order valence-corrected chi connectivity index (χ3v) is 1.91. The molecule has 0 heterocycles. The number of ketones is 1. The van der Waals surface area contributed by atoms with E-state index in [0.29, 0.717) is 0 Å². The molecule has 10 heavy (non-hydrogen) atoms. The van der Waals surface area contributed by atoms with E-state index in [-0.39, 0.29) is 5.78 Å². The summed E-state index contributed by atoms with van der Waals surface area (Å²) in [4.78, 5) is 10.8. The van der Waals surface area contributed by atoms with E-state index in [2.05, 4.69) is 13.8 Å². The van der Waals surface area contributed by atoms with E-state index < -0.39 is 0 Å². The Labute approximate surface area is 63.1 Å². The summed E-state index contributed by atoms with van der Waals surface area (Å²) in [6, 6.07) is 0. The maximum Gasteiger partial charge on any atom is 0.155 e. The second kappa shape index (κ2) is 4.26. The molecule has 0 bridgehead atoms. The normalized spacial score (nSPS) is 9.20. The van der Waals surface area contributed by atoms with E-state index in [4.69, 9.17) is 0 Å². The van der Waals surface area contributed by atoms with Gasteiger partial charge in [-0.1, -0.05) is 19.4 Å². The zero-order valence-corrected chi connectivity index (χ0v) is 7.32. The van der Waals surface area contributed by atoms with Crippen molar-refractivity contribution in [1.82, 2.24) is 0 Å². The van der Waals surface area contributed by atoms with Crippen molar-refractivity contribution in [2.45, 2.75) is 40.5 Å². The van der Waals surface area contributed by atoms with Gasteiger partial charge in [0.25, 0.3) is 0 Å². The minimum absolute atomic E-state index is 0.207. The summed E-state index contributed by atoms with van der Waals surface area (Å²) in [6.07, 6.45) is 2.00. The fourth-order valence-electron chi connectivity index (χ4n) is 1.03. The molecule has 0 fully saturated rings. The van der Waals surface area contributed by atoms with Gasteiger partial charge in [0.05, 0.1) is 0 Å². The first kappa shape index (κ1) is 9.41. The molecule has 0 atom stereocenters. The largest absolute Gasteiger partial charge is 0.295 e. The van der Waals surface area contributed by atoms with Crippen LogP contribution in [0.15, 0.2) is 11.1 Å². The summed E-state index contributed by atoms with van der Waals surface area (Å²) in [6.45, 7) is 7.71. The molecule has 0 rings (SSSR count). The van der Waals surface area contributed by atoms with Gasteiger partial charge in [0.1, 0.15) is 0 Å². The second-order valence-corrected chi connectivity index (χ2v) is 2.49. The molecule has 0 spiro atoms. The Bertz CT molecular complexity index is 148. The zero-order chi connectivity index (χ0) is 8.15. The van der Waals surface area contributed by atoms with Crippen molar-refractivity contribution in [3.63, 3.8) is 0 Å². The number of carbonyl (C=O) groups is 1. The molecule has 0 amide bonds. The Kier molecular flexibility index (Phi) is 4.01. The zero-order valence-electron chi connectivity index (χ0n) is 7.32. The van der Waals surface area contributed by atoms with Crippen LogP contribution in [-0.2, 0) is 4.79 Å². The van der Waals surface area contributed by atoms with Gasteiger partial charge in [-0.2, -0.15) is 0 Å². The molecule has 0 aliphatic rings. The number of allylic oxidation sites excluding steroid dienone is 2. The lowest BCUT2D eigenvalue weighted by atomic mass is 10.0. The number of rotatable bonds is 3. The molecule has 0 aromatic heterocycles. The molecule has 0 N–H and O–H groups in total. The Morgan fingerprint density at radius 3 is 1.60 bits per heavy atom. The van der Waals surface area contributed by atoms with Crippen LogP contribution in [0.4, 0.5) is 0 Å². The van der Waals surface area contributed by atoms with Gasteiger partial charge in [0.2, 0.25) is 0 Å². The minimum Gasteiger partial charge on any atom is -0.295 e. The molecule has 0 aromatic carbocycles. The van der Waals surface area contributed by atoms with E-state index in [0.717, 1.165) is 18.4 Å². The third kappa shape index (κ3) is 2.34. The monoisotopic (exact) mass is 140 g/mol. The Hall–Kier alpha value is -0.590. The van der Waals surface area contributed by atoms with E-state index >= 15 is 0 Å². The van der Waals surface area contributed by atoms with Crippen molar-refractivity contribution in [2.75, 3.05) is 0 Å². The standard InChI is InChI=1S/C9H16O/c1-5-9(6-2)7(3)8(4)10/h5-6H2,1-4H3. The van der Waals surface area contributed by atoms with Crippen LogP contribution in [0, 0.1) is 0 Å². The smallest absolute Gasteiger partial charge is 0.155 e. The average molecular weight is 140 g/mol. The molecule has 0 radical (unpaired) electrons. The van der Waals surface area contributed by atoms with E-state index in [1.54, 1.807) is 6.92 Å². The average Bonchev–Trinajstić information content (AvgIpc) is 1.90. The predicted octanol–water partition coefficient (Wildman–Crippen LogP) is 2.71. The highest BCUT2D eigenvalue weighted by Crippen LogP contribution is 2.12. The van der Waals surface area contributed by atoms with Crippen LogP contribution in [0.2, 0.25) is 0 Å². The summed E-state index contributed by atoms with van der Waals surface area (Å²) in [5, 5.41) is 0. The molecule has 0 saturated heterocycles. The second-order valence-electron chi connectivity index (χ2n) is 2.49. The molecule has 58 valence electrons. The maximum atomic E-state index is 10.8. The molecule has 1 heteroatoms. The quantitative estimate of drug-likeness (QED) is 0.551. The van der Waals surface area contributed by atoms with Gasteiger partial charge >= 0.3 is 0 Å². The van der Waals surface area contributed by atoms with Crippen LogP contribution in [0.5, 0.6) is 0 Å². The SMILES string of the molecule is CCC(CC)=C(C)C(C)=O. The molecule has 0 aliphatic carbocycles. The van der Waals surface area contributed by atoms with Gasteiger partial charge in [-0.3, -0.25) is 4.79 Å². The molecule has 0 aliphatic heterocycles.